The summed E-state index contributed by atoms with van der Waals surface area (Å²) in [7, 11) is -2.58. The Labute approximate surface area is 144 Å². The molecule has 2 aromatic carbocycles. The molecule has 4 heteroatoms. The molecule has 126 valence electrons. The maximum absolute atomic E-state index is 13.7. The van der Waals surface area contributed by atoms with Crippen molar-refractivity contribution in [1.29, 1.82) is 0 Å². The summed E-state index contributed by atoms with van der Waals surface area (Å²) in [5, 5.41) is 1.86. The lowest BCUT2D eigenvalue weighted by atomic mass is 10.3. The summed E-state index contributed by atoms with van der Waals surface area (Å²) in [5.41, 5.74) is 0. The van der Waals surface area contributed by atoms with Crippen molar-refractivity contribution in [3.8, 4) is 0 Å². The van der Waals surface area contributed by atoms with Gasteiger partial charge in [-0.3, -0.25) is 0 Å². The third-order valence-electron chi connectivity index (χ3n) is 3.73. The fraction of sp³-hybridized carbons (Fsp3) is 0.350. The summed E-state index contributed by atoms with van der Waals surface area (Å²) >= 11 is 0. The average Bonchev–Trinajstić information content (AvgIpc) is 2.62. The second-order valence-corrected chi connectivity index (χ2v) is 9.01. The number of hydrogen-bond acceptors (Lipinski definition) is 3. The highest BCUT2D eigenvalue weighted by Gasteiger charge is 2.26. The Morgan fingerprint density at radius 2 is 1.46 bits per heavy atom. The van der Waals surface area contributed by atoms with Crippen LogP contribution in [0.25, 0.3) is 0 Å². The van der Waals surface area contributed by atoms with Gasteiger partial charge in [-0.05, 0) is 26.7 Å². The van der Waals surface area contributed by atoms with Crippen LogP contribution in [-0.2, 0) is 4.57 Å². The molecule has 0 unspecified atom stereocenters. The number of benzene rings is 2. The fourth-order valence-corrected chi connectivity index (χ4v) is 5.27. The number of aliphatic imine (C=N–C) groups is 2. The van der Waals surface area contributed by atoms with Crippen LogP contribution < -0.4 is 10.6 Å². The van der Waals surface area contributed by atoms with Gasteiger partial charge in [0.25, 0.3) is 0 Å². The van der Waals surface area contributed by atoms with E-state index >= 15 is 0 Å². The van der Waals surface area contributed by atoms with Gasteiger partial charge < -0.3 is 4.57 Å². The Balaban J connectivity index is 2.06. The van der Waals surface area contributed by atoms with E-state index in [0.29, 0.717) is 12.7 Å². The molecule has 0 saturated heterocycles. The Bertz CT molecular complexity index is 676. The van der Waals surface area contributed by atoms with Gasteiger partial charge in [-0.2, -0.15) is 0 Å². The summed E-state index contributed by atoms with van der Waals surface area (Å²) < 4.78 is 13.7. The second kappa shape index (κ2) is 9.37. The summed E-state index contributed by atoms with van der Waals surface area (Å²) in [6, 6.07) is 22.6. The van der Waals surface area contributed by atoms with Crippen LogP contribution >= 0.6 is 7.14 Å². The van der Waals surface area contributed by atoms with E-state index in [-0.39, 0.29) is 6.04 Å². The minimum atomic E-state index is -2.58. The number of unbranched alkanes of at least 4 members (excludes halogenated alkanes) is 1. The maximum Gasteiger partial charge on any atom is 0.143 e. The highest BCUT2D eigenvalue weighted by Crippen LogP contribution is 2.44. The van der Waals surface area contributed by atoms with E-state index < -0.39 is 7.14 Å². The smallest absolute Gasteiger partial charge is 0.143 e. The largest absolute Gasteiger partial charge is 0.314 e. The van der Waals surface area contributed by atoms with Crippen molar-refractivity contribution in [3.63, 3.8) is 0 Å². The molecule has 24 heavy (non-hydrogen) atoms. The Morgan fingerprint density at radius 3 is 1.96 bits per heavy atom. The molecule has 0 saturated carbocycles. The normalized spacial score (nSPS) is 11.1. The minimum Gasteiger partial charge on any atom is -0.314 e. The summed E-state index contributed by atoms with van der Waals surface area (Å²) in [6.07, 6.45) is 2.43. The van der Waals surface area contributed by atoms with Crippen LogP contribution in [-0.4, -0.2) is 24.8 Å². The van der Waals surface area contributed by atoms with Crippen LogP contribution in [0.1, 0.15) is 26.7 Å². The van der Waals surface area contributed by atoms with Crippen LogP contribution in [0.4, 0.5) is 0 Å². The van der Waals surface area contributed by atoms with E-state index in [0.717, 1.165) is 23.5 Å². The molecule has 0 N–H and O–H groups in total. The summed E-state index contributed by atoms with van der Waals surface area (Å²) in [4.78, 5) is 8.26. The molecular weight excluding hydrogens is 315 g/mol. The quantitative estimate of drug-likeness (QED) is 0.400. The molecule has 0 bridgehead atoms. The molecule has 0 atom stereocenters. The van der Waals surface area contributed by atoms with Crippen molar-refractivity contribution >= 4 is 23.8 Å². The van der Waals surface area contributed by atoms with E-state index in [2.05, 4.69) is 16.0 Å². The molecule has 0 heterocycles. The van der Waals surface area contributed by atoms with E-state index in [4.69, 9.17) is 0 Å². The lowest BCUT2D eigenvalue weighted by Gasteiger charge is -2.19. The van der Waals surface area contributed by atoms with Crippen molar-refractivity contribution in [3.05, 3.63) is 60.7 Å². The van der Waals surface area contributed by atoms with E-state index in [9.17, 15) is 4.57 Å². The fourth-order valence-electron chi connectivity index (χ4n) is 2.48. The maximum atomic E-state index is 13.7. The average molecular weight is 340 g/mol. The first-order valence-electron chi connectivity index (χ1n) is 8.44. The van der Waals surface area contributed by atoms with E-state index in [1.807, 2.05) is 74.5 Å². The molecule has 2 aromatic rings. The first-order chi connectivity index (χ1) is 11.6. The van der Waals surface area contributed by atoms with Crippen molar-refractivity contribution in [1.82, 2.24) is 0 Å². The Morgan fingerprint density at radius 1 is 0.917 bits per heavy atom. The molecular formula is C20H25N2OP. The van der Waals surface area contributed by atoms with Gasteiger partial charge in [0.1, 0.15) is 7.14 Å². The van der Waals surface area contributed by atoms with E-state index in [1.165, 1.54) is 0 Å². The SMILES string of the molecule is CC(C)N=C=NCCCCP(=O)(c1ccccc1)c1ccccc1. The molecule has 0 aliphatic rings. The molecule has 0 radical (unpaired) electrons. The predicted octanol–water partition coefficient (Wildman–Crippen LogP) is 4.36. The molecule has 3 nitrogen and oxygen atoms in total. The molecule has 2 rings (SSSR count). The standard InChI is InChI=1S/C20H25N2OP/c1-18(2)22-17-21-15-9-10-16-24(23,19-11-5-3-6-12-19)20-13-7-4-8-14-20/h3-8,11-14,18H,9-10,15-16H2,1-2H3. The lowest BCUT2D eigenvalue weighted by Crippen LogP contribution is -2.18. The summed E-state index contributed by atoms with van der Waals surface area (Å²) in [6.45, 7) is 4.68. The lowest BCUT2D eigenvalue weighted by molar-refractivity contribution is 0.584. The van der Waals surface area contributed by atoms with Gasteiger partial charge in [-0.15, -0.1) is 0 Å². The Kier molecular flexibility index (Phi) is 7.18. The monoisotopic (exact) mass is 340 g/mol. The van der Waals surface area contributed by atoms with Crippen LogP contribution in [0.2, 0.25) is 0 Å². The molecule has 0 fully saturated rings. The topological polar surface area (TPSA) is 41.8 Å². The first-order valence-corrected chi connectivity index (χ1v) is 10.3. The molecule has 0 aliphatic heterocycles. The predicted molar refractivity (Wildman–Crippen MR) is 104 cm³/mol. The zero-order chi connectivity index (χ0) is 17.3. The zero-order valence-electron chi connectivity index (χ0n) is 14.4. The van der Waals surface area contributed by atoms with Gasteiger partial charge in [0.15, 0.2) is 0 Å². The van der Waals surface area contributed by atoms with Gasteiger partial charge in [0.05, 0.1) is 12.1 Å². The van der Waals surface area contributed by atoms with Crippen molar-refractivity contribution in [2.24, 2.45) is 9.98 Å². The van der Waals surface area contributed by atoms with Gasteiger partial charge in [-0.25, -0.2) is 9.98 Å². The number of hydrogen-bond donors (Lipinski definition) is 0. The molecule has 0 aromatic heterocycles. The summed E-state index contributed by atoms with van der Waals surface area (Å²) in [5.74, 6) is 0. The van der Waals surface area contributed by atoms with Crippen molar-refractivity contribution in [2.75, 3.05) is 12.7 Å². The third kappa shape index (κ3) is 5.30. The van der Waals surface area contributed by atoms with Crippen LogP contribution in [0.15, 0.2) is 70.6 Å². The van der Waals surface area contributed by atoms with Gasteiger partial charge >= 0.3 is 0 Å². The highest BCUT2D eigenvalue weighted by atomic mass is 31.2. The van der Waals surface area contributed by atoms with Gasteiger partial charge in [0.2, 0.25) is 0 Å². The van der Waals surface area contributed by atoms with Crippen LogP contribution in [0, 0.1) is 0 Å². The van der Waals surface area contributed by atoms with Crippen LogP contribution in [0.5, 0.6) is 0 Å². The molecule has 0 amide bonds. The number of nitrogens with zero attached hydrogens (tertiary/aromatic N) is 2. The molecule has 0 spiro atoms. The number of rotatable bonds is 8. The molecule has 0 aliphatic carbocycles. The first kappa shape index (κ1) is 18.4. The highest BCUT2D eigenvalue weighted by molar-refractivity contribution is 7.78. The Hall–Kier alpha value is -1.95. The second-order valence-electron chi connectivity index (χ2n) is 6.05. The van der Waals surface area contributed by atoms with Gasteiger partial charge in [0, 0.05) is 23.3 Å². The zero-order valence-corrected chi connectivity index (χ0v) is 15.3. The van der Waals surface area contributed by atoms with Gasteiger partial charge in [-0.1, -0.05) is 60.7 Å². The van der Waals surface area contributed by atoms with Crippen molar-refractivity contribution in [2.45, 2.75) is 32.7 Å². The van der Waals surface area contributed by atoms with Crippen LogP contribution in [0.3, 0.4) is 0 Å². The van der Waals surface area contributed by atoms with Crippen molar-refractivity contribution < 1.29 is 4.57 Å². The van der Waals surface area contributed by atoms with E-state index in [1.54, 1.807) is 0 Å². The third-order valence-corrected chi connectivity index (χ3v) is 6.94. The minimum absolute atomic E-state index is 0.227.